The van der Waals surface area contributed by atoms with E-state index in [1.807, 2.05) is 0 Å². The summed E-state index contributed by atoms with van der Waals surface area (Å²) in [6.45, 7) is 4.77. The topological polar surface area (TPSA) is 0 Å². The van der Waals surface area contributed by atoms with Gasteiger partial charge in [-0.3, -0.25) is 0 Å². The van der Waals surface area contributed by atoms with Gasteiger partial charge in [0.05, 0.1) is 0 Å². The second kappa shape index (κ2) is 15.1. The van der Waals surface area contributed by atoms with Crippen molar-refractivity contribution < 1.29 is 0 Å². The SMILES string of the molecule is CC1(C)c2ccccc2-c2ccc(CCc3ccc4c(c3)c3cc5c(-c6cccc7ccccc67)c6c7ccc(-c8ccccc8)c8c9ccccc9cc(c6c(-c6ccccc6)c5c5cccc4c35)c78)cc21. The monoisotopic (exact) mass is 924 g/mol. The minimum absolute atomic E-state index is 0.0113. The maximum absolute atomic E-state index is 2.61. The number of aryl methyl sites for hydroxylation is 2. The first-order chi connectivity index (χ1) is 36.0. The Morgan fingerprint density at radius 1 is 0.260 bits per heavy atom. The van der Waals surface area contributed by atoms with Gasteiger partial charge in [0.1, 0.15) is 0 Å². The van der Waals surface area contributed by atoms with Crippen LogP contribution in [0.25, 0.3) is 141 Å². The molecular weight excluding hydrogens is 877 g/mol. The van der Waals surface area contributed by atoms with Gasteiger partial charge in [0.15, 0.2) is 0 Å². The van der Waals surface area contributed by atoms with E-state index >= 15 is 0 Å². The van der Waals surface area contributed by atoms with E-state index in [2.05, 4.69) is 244 Å². The van der Waals surface area contributed by atoms with Gasteiger partial charge in [0.25, 0.3) is 0 Å². The lowest BCUT2D eigenvalue weighted by Gasteiger charge is -2.22. The zero-order valence-electron chi connectivity index (χ0n) is 40.9. The first-order valence-corrected chi connectivity index (χ1v) is 26.0. The Labute approximate surface area is 424 Å². The molecule has 0 radical (unpaired) electrons. The Morgan fingerprint density at radius 2 is 0.849 bits per heavy atom. The minimum Gasteiger partial charge on any atom is -0.0622 e. The number of fused-ring (bicyclic) bond motifs is 14. The molecule has 1 aliphatic carbocycles. The van der Waals surface area contributed by atoms with Gasteiger partial charge in [0, 0.05) is 5.41 Å². The molecule has 15 aromatic carbocycles. The lowest BCUT2D eigenvalue weighted by Crippen LogP contribution is -2.15. The van der Waals surface area contributed by atoms with Crippen molar-refractivity contribution in [2.75, 3.05) is 0 Å². The minimum atomic E-state index is -0.0113. The highest BCUT2D eigenvalue weighted by Gasteiger charge is 2.35. The van der Waals surface area contributed by atoms with Crippen molar-refractivity contribution in [1.82, 2.24) is 0 Å². The summed E-state index contributed by atoms with van der Waals surface area (Å²) in [5, 5.41) is 23.6. The molecule has 0 saturated carbocycles. The molecule has 1 aliphatic rings. The van der Waals surface area contributed by atoms with E-state index in [1.165, 1.54) is 164 Å². The predicted octanol–water partition coefficient (Wildman–Crippen LogP) is 20.0. The van der Waals surface area contributed by atoms with Crippen LogP contribution in [0.5, 0.6) is 0 Å². The van der Waals surface area contributed by atoms with Gasteiger partial charge < -0.3 is 0 Å². The second-order valence-electron chi connectivity index (χ2n) is 21.3. The first-order valence-electron chi connectivity index (χ1n) is 26.0. The maximum atomic E-state index is 2.61. The largest absolute Gasteiger partial charge is 0.0622 e. The summed E-state index contributed by atoms with van der Waals surface area (Å²) >= 11 is 0. The molecule has 0 N–H and O–H groups in total. The lowest BCUT2D eigenvalue weighted by molar-refractivity contribution is 0.659. The van der Waals surface area contributed by atoms with E-state index in [-0.39, 0.29) is 5.41 Å². The molecule has 340 valence electrons. The summed E-state index contributed by atoms with van der Waals surface area (Å²) in [7, 11) is 0. The van der Waals surface area contributed by atoms with E-state index in [4.69, 9.17) is 0 Å². The number of hydrogen-bond donors (Lipinski definition) is 0. The highest BCUT2D eigenvalue weighted by molar-refractivity contribution is 6.47. The van der Waals surface area contributed by atoms with Crippen LogP contribution in [0.3, 0.4) is 0 Å². The van der Waals surface area contributed by atoms with Crippen molar-refractivity contribution in [3.63, 3.8) is 0 Å². The fourth-order valence-electron chi connectivity index (χ4n) is 14.0. The third-order valence-electron chi connectivity index (χ3n) is 17.2. The fraction of sp³-hybridized carbons (Fsp3) is 0.0685. The summed E-state index contributed by atoms with van der Waals surface area (Å²) in [5.41, 5.74) is 16.0. The Bertz CT molecular complexity index is 4780. The zero-order valence-corrected chi connectivity index (χ0v) is 40.9. The molecule has 0 aliphatic heterocycles. The van der Waals surface area contributed by atoms with Crippen LogP contribution in [0.15, 0.2) is 231 Å². The molecular formula is C73H48. The summed E-state index contributed by atoms with van der Waals surface area (Å²) in [6, 6.07) is 87.9. The van der Waals surface area contributed by atoms with Gasteiger partial charge in [-0.15, -0.1) is 0 Å². The van der Waals surface area contributed by atoms with E-state index in [1.54, 1.807) is 0 Å². The average molecular weight is 925 g/mol. The summed E-state index contributed by atoms with van der Waals surface area (Å²) < 4.78 is 0. The average Bonchev–Trinajstić information content (AvgIpc) is 4.09. The van der Waals surface area contributed by atoms with Crippen molar-refractivity contribution in [3.05, 3.63) is 253 Å². The third-order valence-corrected chi connectivity index (χ3v) is 17.2. The van der Waals surface area contributed by atoms with Crippen LogP contribution < -0.4 is 0 Å². The van der Waals surface area contributed by atoms with Crippen LogP contribution in [-0.2, 0) is 18.3 Å². The van der Waals surface area contributed by atoms with Gasteiger partial charge in [-0.1, -0.05) is 232 Å². The van der Waals surface area contributed by atoms with Gasteiger partial charge in [-0.25, -0.2) is 0 Å². The van der Waals surface area contributed by atoms with E-state index < -0.39 is 0 Å². The molecule has 0 unspecified atom stereocenters. The number of benzene rings is 13. The second-order valence-corrected chi connectivity index (χ2v) is 21.3. The molecule has 0 heterocycles. The maximum Gasteiger partial charge on any atom is 0.0158 e. The molecule has 0 spiro atoms. The molecule has 0 fully saturated rings. The van der Waals surface area contributed by atoms with Gasteiger partial charge >= 0.3 is 0 Å². The Kier molecular flexibility index (Phi) is 8.44. The molecule has 15 aromatic rings. The van der Waals surface area contributed by atoms with Crippen molar-refractivity contribution >= 4 is 97.0 Å². The van der Waals surface area contributed by atoms with Crippen LogP contribution in [0.2, 0.25) is 0 Å². The molecule has 73 heavy (non-hydrogen) atoms. The van der Waals surface area contributed by atoms with Crippen molar-refractivity contribution in [3.8, 4) is 44.5 Å². The van der Waals surface area contributed by atoms with Crippen LogP contribution in [0.4, 0.5) is 0 Å². The molecule has 16 rings (SSSR count). The van der Waals surface area contributed by atoms with Crippen LogP contribution in [-0.4, -0.2) is 0 Å². The smallest absolute Gasteiger partial charge is 0.0158 e. The quantitative estimate of drug-likeness (QED) is 0.146. The fourth-order valence-corrected chi connectivity index (χ4v) is 14.0. The molecule has 0 bridgehead atoms. The summed E-state index contributed by atoms with van der Waals surface area (Å²) in [4.78, 5) is 0. The van der Waals surface area contributed by atoms with Crippen LogP contribution >= 0.6 is 0 Å². The zero-order chi connectivity index (χ0) is 48.1. The van der Waals surface area contributed by atoms with Crippen molar-refractivity contribution in [2.24, 2.45) is 0 Å². The van der Waals surface area contributed by atoms with Gasteiger partial charge in [0.2, 0.25) is 0 Å². The summed E-state index contributed by atoms with van der Waals surface area (Å²) in [6.07, 6.45) is 1.96. The Hall–Kier alpha value is -8.84. The highest BCUT2D eigenvalue weighted by atomic mass is 14.4. The predicted molar refractivity (Wildman–Crippen MR) is 314 cm³/mol. The Balaban J connectivity index is 1.02. The molecule has 0 nitrogen and oxygen atoms in total. The van der Waals surface area contributed by atoms with Crippen molar-refractivity contribution in [1.29, 1.82) is 0 Å². The van der Waals surface area contributed by atoms with Crippen molar-refractivity contribution in [2.45, 2.75) is 32.1 Å². The standard InChI is InChI=1S/C73H48/c1-73(2)63-30-14-13-26-53(63)54-36-34-44(40-64(54)73)32-31-43-33-35-52-56-28-16-29-57-66(56)60(59(52)39-43)42-62-68(55-27-15-23-45-19-9-11-24-49(45)55)71-58-38-37-51(46-17-5-3-6-18-46)67-50-25-12-10-22-48(50)41-61(70(58)67)72(71)65(69(57)62)47-20-7-4-8-21-47/h3-30,33-42H,31-32H2,1-2H3. The van der Waals surface area contributed by atoms with E-state index in [9.17, 15) is 0 Å². The van der Waals surface area contributed by atoms with Gasteiger partial charge in [-0.2, -0.15) is 0 Å². The molecule has 0 amide bonds. The van der Waals surface area contributed by atoms with Crippen LogP contribution in [0.1, 0.15) is 36.1 Å². The third kappa shape index (κ3) is 5.67. The molecule has 0 saturated heterocycles. The molecule has 0 aromatic heterocycles. The first kappa shape index (κ1) is 40.8. The lowest BCUT2D eigenvalue weighted by atomic mass is 9.82. The van der Waals surface area contributed by atoms with E-state index in [0.717, 1.165) is 12.8 Å². The number of rotatable bonds is 6. The van der Waals surface area contributed by atoms with Gasteiger partial charge in [-0.05, 0) is 189 Å². The normalized spacial score (nSPS) is 13.3. The molecule has 0 heteroatoms. The van der Waals surface area contributed by atoms with E-state index in [0.29, 0.717) is 0 Å². The molecule has 0 atom stereocenters. The van der Waals surface area contributed by atoms with Crippen LogP contribution in [0, 0.1) is 0 Å². The highest BCUT2D eigenvalue weighted by Crippen LogP contribution is 2.57. The number of hydrogen-bond acceptors (Lipinski definition) is 0. The Morgan fingerprint density at radius 3 is 1.70 bits per heavy atom. The summed E-state index contributed by atoms with van der Waals surface area (Å²) in [5.74, 6) is 0.